The second kappa shape index (κ2) is 5.56. The molecule has 6 heteroatoms. The summed E-state index contributed by atoms with van der Waals surface area (Å²) < 4.78 is 5.24. The number of nitrogens with two attached hydrogens (primary N) is 1. The van der Waals surface area contributed by atoms with Crippen LogP contribution in [0.3, 0.4) is 0 Å². The van der Waals surface area contributed by atoms with Gasteiger partial charge in [0.1, 0.15) is 5.60 Å². The van der Waals surface area contributed by atoms with E-state index in [4.69, 9.17) is 15.6 Å². The molecule has 0 aliphatic carbocycles. The zero-order valence-corrected chi connectivity index (χ0v) is 11.2. The first kappa shape index (κ1) is 14.8. The Bertz CT molecular complexity index is 325. The smallest absolute Gasteiger partial charge is 0.410 e. The number of carbonyl (C=O) groups is 2. The topological polar surface area (TPSA) is 92.9 Å². The number of piperidine rings is 1. The molecule has 0 bridgehead atoms. The first-order valence-corrected chi connectivity index (χ1v) is 6.15. The molecular weight excluding hydrogens is 236 g/mol. The fraction of sp³-hybridized carbons (Fsp3) is 0.833. The highest BCUT2D eigenvalue weighted by atomic mass is 16.6. The number of nitrogens with zero attached hydrogens (tertiary/aromatic N) is 1. The average molecular weight is 258 g/mol. The molecule has 0 radical (unpaired) electrons. The number of carboxylic acid groups (broad SMARTS) is 1. The Kier molecular flexibility index (Phi) is 4.56. The maximum Gasteiger partial charge on any atom is 0.410 e. The van der Waals surface area contributed by atoms with Crippen LogP contribution in [0.25, 0.3) is 0 Å². The minimum Gasteiger partial charge on any atom is -0.481 e. The van der Waals surface area contributed by atoms with Crippen molar-refractivity contribution in [2.45, 2.75) is 32.8 Å². The fourth-order valence-corrected chi connectivity index (χ4v) is 2.05. The van der Waals surface area contributed by atoms with Gasteiger partial charge in [-0.2, -0.15) is 0 Å². The number of rotatable bonds is 2. The minimum absolute atomic E-state index is 0.0683. The van der Waals surface area contributed by atoms with E-state index < -0.39 is 23.6 Å². The van der Waals surface area contributed by atoms with Gasteiger partial charge in [-0.1, -0.05) is 0 Å². The van der Waals surface area contributed by atoms with E-state index in [1.807, 2.05) is 0 Å². The van der Waals surface area contributed by atoms with Crippen molar-refractivity contribution < 1.29 is 19.4 Å². The number of carboxylic acids is 1. The highest BCUT2D eigenvalue weighted by Gasteiger charge is 2.36. The molecular formula is C12H22N2O4. The van der Waals surface area contributed by atoms with Gasteiger partial charge in [-0.05, 0) is 39.7 Å². The van der Waals surface area contributed by atoms with Crippen LogP contribution in [-0.2, 0) is 9.53 Å². The van der Waals surface area contributed by atoms with E-state index in [2.05, 4.69) is 0 Å². The lowest BCUT2D eigenvalue weighted by Gasteiger charge is -2.36. The van der Waals surface area contributed by atoms with Crippen LogP contribution in [0, 0.1) is 11.8 Å². The molecule has 0 aromatic heterocycles. The number of hydrogen-bond acceptors (Lipinski definition) is 4. The molecule has 2 unspecified atom stereocenters. The lowest BCUT2D eigenvalue weighted by Crippen LogP contribution is -2.49. The van der Waals surface area contributed by atoms with Gasteiger partial charge in [0.15, 0.2) is 0 Å². The van der Waals surface area contributed by atoms with Gasteiger partial charge in [-0.25, -0.2) is 4.79 Å². The predicted octanol–water partition coefficient (Wildman–Crippen LogP) is 0.903. The Labute approximate surface area is 107 Å². The Morgan fingerprint density at radius 1 is 1.44 bits per heavy atom. The molecule has 18 heavy (non-hydrogen) atoms. The van der Waals surface area contributed by atoms with Crippen molar-refractivity contribution in [3.05, 3.63) is 0 Å². The summed E-state index contributed by atoms with van der Waals surface area (Å²) in [5.74, 6) is -1.57. The minimum atomic E-state index is -0.904. The highest BCUT2D eigenvalue weighted by molar-refractivity contribution is 5.73. The van der Waals surface area contributed by atoms with Gasteiger partial charge >= 0.3 is 12.1 Å². The van der Waals surface area contributed by atoms with E-state index in [0.717, 1.165) is 0 Å². The summed E-state index contributed by atoms with van der Waals surface area (Å²) >= 11 is 0. The van der Waals surface area contributed by atoms with Gasteiger partial charge < -0.3 is 20.5 Å². The van der Waals surface area contributed by atoms with Crippen molar-refractivity contribution in [2.75, 3.05) is 19.6 Å². The predicted molar refractivity (Wildman–Crippen MR) is 66.1 cm³/mol. The maximum absolute atomic E-state index is 11.9. The summed E-state index contributed by atoms with van der Waals surface area (Å²) in [4.78, 5) is 24.5. The zero-order valence-electron chi connectivity index (χ0n) is 11.2. The second-order valence-electron chi connectivity index (χ2n) is 5.66. The van der Waals surface area contributed by atoms with Gasteiger partial charge in [0, 0.05) is 13.1 Å². The molecule has 104 valence electrons. The van der Waals surface area contributed by atoms with Crippen LogP contribution in [0.2, 0.25) is 0 Å². The van der Waals surface area contributed by atoms with E-state index in [9.17, 15) is 9.59 Å². The third-order valence-corrected chi connectivity index (χ3v) is 3.03. The molecule has 1 aliphatic rings. The summed E-state index contributed by atoms with van der Waals surface area (Å²) in [6.07, 6.45) is 0.149. The van der Waals surface area contributed by atoms with Crippen LogP contribution >= 0.6 is 0 Å². The molecule has 0 aromatic rings. The van der Waals surface area contributed by atoms with E-state index in [0.29, 0.717) is 19.5 Å². The summed E-state index contributed by atoms with van der Waals surface area (Å²) in [6.45, 7) is 6.36. The first-order chi connectivity index (χ1) is 8.24. The molecule has 1 aliphatic heterocycles. The molecule has 1 amide bonds. The van der Waals surface area contributed by atoms with Gasteiger partial charge in [0.2, 0.25) is 0 Å². The third-order valence-electron chi connectivity index (χ3n) is 3.03. The molecule has 2 atom stereocenters. The highest BCUT2D eigenvalue weighted by Crippen LogP contribution is 2.24. The van der Waals surface area contributed by atoms with Crippen molar-refractivity contribution in [3.8, 4) is 0 Å². The maximum atomic E-state index is 11.9. The van der Waals surface area contributed by atoms with Crippen LogP contribution in [-0.4, -0.2) is 47.3 Å². The van der Waals surface area contributed by atoms with Crippen molar-refractivity contribution >= 4 is 12.1 Å². The van der Waals surface area contributed by atoms with Gasteiger partial charge in [-0.15, -0.1) is 0 Å². The summed E-state index contributed by atoms with van der Waals surface area (Å²) in [5.41, 5.74) is 4.99. The number of amides is 1. The molecule has 1 rings (SSSR count). The summed E-state index contributed by atoms with van der Waals surface area (Å²) in [7, 11) is 0. The van der Waals surface area contributed by atoms with Crippen molar-refractivity contribution in [2.24, 2.45) is 17.6 Å². The van der Waals surface area contributed by atoms with E-state index in [1.54, 1.807) is 20.8 Å². The number of aliphatic carboxylic acids is 1. The Balaban J connectivity index is 2.65. The Morgan fingerprint density at radius 3 is 2.50 bits per heavy atom. The van der Waals surface area contributed by atoms with Crippen molar-refractivity contribution in [1.82, 2.24) is 4.90 Å². The largest absolute Gasteiger partial charge is 0.481 e. The van der Waals surface area contributed by atoms with Crippen LogP contribution < -0.4 is 5.73 Å². The van der Waals surface area contributed by atoms with Crippen LogP contribution in [0.5, 0.6) is 0 Å². The molecule has 0 spiro atoms. The van der Waals surface area contributed by atoms with E-state index in [-0.39, 0.29) is 12.5 Å². The average Bonchev–Trinajstić information content (AvgIpc) is 2.25. The molecule has 1 saturated heterocycles. The van der Waals surface area contributed by atoms with Crippen LogP contribution in [0.15, 0.2) is 0 Å². The van der Waals surface area contributed by atoms with Crippen LogP contribution in [0.1, 0.15) is 27.2 Å². The fourth-order valence-electron chi connectivity index (χ4n) is 2.05. The Morgan fingerprint density at radius 2 is 2.06 bits per heavy atom. The monoisotopic (exact) mass is 258 g/mol. The molecule has 0 saturated carbocycles. The summed E-state index contributed by atoms with van der Waals surface area (Å²) in [5, 5.41) is 9.14. The van der Waals surface area contributed by atoms with Crippen molar-refractivity contribution in [1.29, 1.82) is 0 Å². The lowest BCUT2D eigenvalue weighted by molar-refractivity contribution is -0.145. The number of hydrogen-bond donors (Lipinski definition) is 2. The third kappa shape index (κ3) is 3.87. The van der Waals surface area contributed by atoms with E-state index in [1.165, 1.54) is 4.90 Å². The molecule has 3 N–H and O–H groups in total. The van der Waals surface area contributed by atoms with Gasteiger partial charge in [0.05, 0.1) is 5.92 Å². The lowest BCUT2D eigenvalue weighted by atomic mass is 9.86. The van der Waals surface area contributed by atoms with Gasteiger partial charge in [-0.3, -0.25) is 4.79 Å². The number of ether oxygens (including phenoxy) is 1. The van der Waals surface area contributed by atoms with Gasteiger partial charge in [0.25, 0.3) is 0 Å². The SMILES string of the molecule is CC(C)(C)OC(=O)N1CCC(CN)C(C(=O)O)C1. The molecule has 1 heterocycles. The van der Waals surface area contributed by atoms with Crippen molar-refractivity contribution in [3.63, 3.8) is 0 Å². The normalized spacial score (nSPS) is 24.8. The van der Waals surface area contributed by atoms with E-state index >= 15 is 0 Å². The standard InChI is InChI=1S/C12H22N2O4/c1-12(2,3)18-11(17)14-5-4-8(6-13)9(7-14)10(15)16/h8-9H,4-7,13H2,1-3H3,(H,15,16). The summed E-state index contributed by atoms with van der Waals surface area (Å²) in [6, 6.07) is 0. The van der Waals surface area contributed by atoms with Crippen LogP contribution in [0.4, 0.5) is 4.79 Å². The number of likely N-dealkylation sites (tertiary alicyclic amines) is 1. The molecule has 0 aromatic carbocycles. The molecule has 1 fully saturated rings. The zero-order chi connectivity index (χ0) is 13.9. The quantitative estimate of drug-likeness (QED) is 0.767. The number of carbonyl (C=O) groups excluding carboxylic acids is 1. The Hall–Kier alpha value is -1.30. The first-order valence-electron chi connectivity index (χ1n) is 6.15. The second-order valence-corrected chi connectivity index (χ2v) is 5.66. The molecule has 6 nitrogen and oxygen atoms in total.